The zero-order valence-corrected chi connectivity index (χ0v) is 13.1. The molecule has 0 radical (unpaired) electrons. The Morgan fingerprint density at radius 2 is 2.00 bits per heavy atom. The third-order valence-corrected chi connectivity index (χ3v) is 4.74. The average molecular weight is 342 g/mol. The third kappa shape index (κ3) is 2.50. The minimum Gasteiger partial charge on any atom is -0.359 e. The van der Waals surface area contributed by atoms with Crippen molar-refractivity contribution in [2.75, 3.05) is 0 Å². The first-order chi connectivity index (χ1) is 9.88. The number of H-pyrrole nitrogens is 1. The molecule has 0 amide bonds. The minimum atomic E-state index is -3.84. The highest BCUT2D eigenvalue weighted by molar-refractivity contribution is 8.14. The molecular weight excluding hydrogens is 333 g/mol. The number of aromatic amines is 1. The summed E-state index contributed by atoms with van der Waals surface area (Å²) in [6.45, 7) is 1.76. The monoisotopic (exact) mass is 341 g/mol. The molecule has 2 aromatic heterocycles. The lowest BCUT2D eigenvalue weighted by molar-refractivity contribution is 0.610. The Morgan fingerprint density at radius 3 is 2.67 bits per heavy atom. The molecule has 0 atom stereocenters. The minimum absolute atomic E-state index is 0.0165. The molecule has 2 heterocycles. The second-order valence-corrected chi connectivity index (χ2v) is 7.37. The van der Waals surface area contributed by atoms with Gasteiger partial charge in [0.1, 0.15) is 10.7 Å². The van der Waals surface area contributed by atoms with Crippen LogP contribution < -0.4 is 0 Å². The van der Waals surface area contributed by atoms with Crippen LogP contribution in [0.3, 0.4) is 0 Å². The summed E-state index contributed by atoms with van der Waals surface area (Å²) in [5.41, 5.74) is 1.80. The maximum Gasteiger partial charge on any atom is 0.263 e. The predicted molar refractivity (Wildman–Crippen MR) is 82.1 cm³/mol. The smallest absolute Gasteiger partial charge is 0.263 e. The molecular formula is C13H9Cl2N3O2S. The first kappa shape index (κ1) is 14.3. The maximum atomic E-state index is 11.6. The van der Waals surface area contributed by atoms with Crippen LogP contribution in [0.25, 0.3) is 22.2 Å². The van der Waals surface area contributed by atoms with Gasteiger partial charge in [-0.3, -0.25) is 0 Å². The van der Waals surface area contributed by atoms with Gasteiger partial charge in [-0.05, 0) is 25.1 Å². The average Bonchev–Trinajstić information content (AvgIpc) is 2.82. The SMILES string of the molecule is Cc1nccc(-c2c(Cl)ccc3c(S(=O)(=O)Cl)c[nH]c23)n1. The summed E-state index contributed by atoms with van der Waals surface area (Å²) in [6.07, 6.45) is 2.97. The van der Waals surface area contributed by atoms with Crippen molar-refractivity contribution in [3.63, 3.8) is 0 Å². The highest BCUT2D eigenvalue weighted by Gasteiger charge is 2.20. The van der Waals surface area contributed by atoms with Crippen LogP contribution in [0, 0.1) is 6.92 Å². The van der Waals surface area contributed by atoms with Gasteiger partial charge < -0.3 is 4.98 Å². The number of fused-ring (bicyclic) bond motifs is 1. The van der Waals surface area contributed by atoms with E-state index in [1.54, 1.807) is 31.3 Å². The number of hydrogen-bond acceptors (Lipinski definition) is 4. The van der Waals surface area contributed by atoms with E-state index in [1.165, 1.54) is 6.20 Å². The van der Waals surface area contributed by atoms with Gasteiger partial charge >= 0.3 is 0 Å². The predicted octanol–water partition coefficient (Wildman–Crippen LogP) is 3.51. The van der Waals surface area contributed by atoms with E-state index in [9.17, 15) is 8.42 Å². The first-order valence-electron chi connectivity index (χ1n) is 5.92. The van der Waals surface area contributed by atoms with E-state index < -0.39 is 9.05 Å². The summed E-state index contributed by atoms with van der Waals surface area (Å²) in [5.74, 6) is 0.595. The van der Waals surface area contributed by atoms with Crippen LogP contribution in [0.4, 0.5) is 0 Å². The van der Waals surface area contributed by atoms with Crippen LogP contribution in [0.1, 0.15) is 5.82 Å². The van der Waals surface area contributed by atoms with Crippen molar-refractivity contribution in [1.29, 1.82) is 0 Å². The standard InChI is InChI=1S/C13H9Cl2N3O2S/c1-7-16-5-4-10(18-7)12-9(14)3-2-8-11(21(15,19)20)6-17-13(8)12/h2-6,17H,1H3. The summed E-state index contributed by atoms with van der Waals surface area (Å²) in [7, 11) is 1.59. The number of nitrogens with zero attached hydrogens (tertiary/aromatic N) is 2. The van der Waals surface area contributed by atoms with Crippen molar-refractivity contribution in [3.05, 3.63) is 41.4 Å². The van der Waals surface area contributed by atoms with Gasteiger partial charge in [0, 0.05) is 34.0 Å². The summed E-state index contributed by atoms with van der Waals surface area (Å²) in [5, 5.41) is 0.932. The van der Waals surface area contributed by atoms with E-state index >= 15 is 0 Å². The zero-order chi connectivity index (χ0) is 15.2. The second-order valence-electron chi connectivity index (χ2n) is 4.42. The van der Waals surface area contributed by atoms with Crippen molar-refractivity contribution in [1.82, 2.24) is 15.0 Å². The van der Waals surface area contributed by atoms with Crippen molar-refractivity contribution >= 4 is 42.2 Å². The molecule has 1 N–H and O–H groups in total. The van der Waals surface area contributed by atoms with Gasteiger partial charge in [0.15, 0.2) is 0 Å². The van der Waals surface area contributed by atoms with Crippen molar-refractivity contribution < 1.29 is 8.42 Å². The Bertz CT molecular complexity index is 951. The fourth-order valence-electron chi connectivity index (χ4n) is 2.20. The van der Waals surface area contributed by atoms with Crippen LogP contribution in [-0.4, -0.2) is 23.4 Å². The van der Waals surface area contributed by atoms with Crippen LogP contribution in [0.5, 0.6) is 0 Å². The molecule has 5 nitrogen and oxygen atoms in total. The number of aryl methyl sites for hydroxylation is 1. The molecule has 0 saturated carbocycles. The fourth-order valence-corrected chi connectivity index (χ4v) is 3.47. The molecule has 0 aliphatic heterocycles. The lowest BCUT2D eigenvalue weighted by Crippen LogP contribution is -1.92. The van der Waals surface area contributed by atoms with Gasteiger partial charge in [0.2, 0.25) is 0 Å². The molecule has 0 unspecified atom stereocenters. The quantitative estimate of drug-likeness (QED) is 0.723. The Hall–Kier alpha value is -1.63. The molecule has 0 fully saturated rings. The van der Waals surface area contributed by atoms with E-state index in [4.69, 9.17) is 22.3 Å². The highest BCUT2D eigenvalue weighted by Crippen LogP contribution is 2.36. The van der Waals surface area contributed by atoms with E-state index in [1.807, 2.05) is 0 Å². The molecule has 3 rings (SSSR count). The van der Waals surface area contributed by atoms with Crippen molar-refractivity contribution in [2.45, 2.75) is 11.8 Å². The molecule has 1 aromatic carbocycles. The Balaban J connectivity index is 2.38. The van der Waals surface area contributed by atoms with Crippen molar-refractivity contribution in [2.24, 2.45) is 0 Å². The Morgan fingerprint density at radius 1 is 1.24 bits per heavy atom. The molecule has 0 aliphatic rings. The lowest BCUT2D eigenvalue weighted by Gasteiger charge is -2.06. The van der Waals surface area contributed by atoms with Gasteiger partial charge in [-0.1, -0.05) is 11.6 Å². The molecule has 0 spiro atoms. The lowest BCUT2D eigenvalue weighted by atomic mass is 10.1. The van der Waals surface area contributed by atoms with Crippen LogP contribution in [0.15, 0.2) is 35.5 Å². The van der Waals surface area contributed by atoms with Gasteiger partial charge in [0.05, 0.1) is 16.2 Å². The molecule has 21 heavy (non-hydrogen) atoms. The summed E-state index contributed by atoms with van der Waals surface area (Å²) >= 11 is 6.25. The summed E-state index contributed by atoms with van der Waals surface area (Å²) in [4.78, 5) is 11.3. The Labute approximate surface area is 130 Å². The number of nitrogens with one attached hydrogen (secondary N) is 1. The third-order valence-electron chi connectivity index (χ3n) is 3.06. The topological polar surface area (TPSA) is 75.7 Å². The Kier molecular flexibility index (Phi) is 3.39. The van der Waals surface area contributed by atoms with Crippen LogP contribution in [0.2, 0.25) is 5.02 Å². The van der Waals surface area contributed by atoms with Gasteiger partial charge in [0.25, 0.3) is 9.05 Å². The number of hydrogen-bond donors (Lipinski definition) is 1. The molecule has 0 aliphatic carbocycles. The molecule has 3 aromatic rings. The highest BCUT2D eigenvalue weighted by atomic mass is 35.7. The van der Waals surface area contributed by atoms with E-state index in [-0.39, 0.29) is 4.90 Å². The number of benzene rings is 1. The number of halogens is 2. The van der Waals surface area contributed by atoms with Gasteiger partial charge in [-0.2, -0.15) is 0 Å². The zero-order valence-electron chi connectivity index (χ0n) is 10.8. The molecule has 0 saturated heterocycles. The van der Waals surface area contributed by atoms with Crippen LogP contribution in [-0.2, 0) is 9.05 Å². The second kappa shape index (κ2) is 4.98. The van der Waals surface area contributed by atoms with Gasteiger partial charge in [-0.25, -0.2) is 18.4 Å². The van der Waals surface area contributed by atoms with E-state index in [2.05, 4.69) is 15.0 Å². The maximum absolute atomic E-state index is 11.6. The number of rotatable bonds is 2. The first-order valence-corrected chi connectivity index (χ1v) is 8.61. The molecule has 8 heteroatoms. The normalized spacial score (nSPS) is 12.0. The molecule has 0 bridgehead atoms. The largest absolute Gasteiger partial charge is 0.359 e. The van der Waals surface area contributed by atoms with Crippen molar-refractivity contribution in [3.8, 4) is 11.3 Å². The van der Waals surface area contributed by atoms with E-state index in [0.717, 1.165) is 0 Å². The summed E-state index contributed by atoms with van der Waals surface area (Å²) in [6, 6.07) is 4.94. The fraction of sp³-hybridized carbons (Fsp3) is 0.0769. The summed E-state index contributed by atoms with van der Waals surface area (Å²) < 4.78 is 23.2. The molecule has 108 valence electrons. The van der Waals surface area contributed by atoms with E-state index in [0.29, 0.717) is 33.0 Å². The van der Waals surface area contributed by atoms with Crippen LogP contribution >= 0.6 is 22.3 Å². The number of aromatic nitrogens is 3. The van der Waals surface area contributed by atoms with Gasteiger partial charge in [-0.15, -0.1) is 0 Å².